The van der Waals surface area contributed by atoms with E-state index in [1.54, 1.807) is 4.90 Å². The van der Waals surface area contributed by atoms with Gasteiger partial charge in [-0.15, -0.1) is 0 Å². The molecule has 1 heterocycles. The van der Waals surface area contributed by atoms with Crippen LogP contribution in [0.15, 0.2) is 0 Å². The van der Waals surface area contributed by atoms with E-state index in [9.17, 15) is 19.2 Å². The number of likely N-dealkylation sites (tertiary alicyclic amines) is 1. The number of rotatable bonds is 13. The zero-order chi connectivity index (χ0) is 27.7. The fourth-order valence-corrected chi connectivity index (χ4v) is 6.25. The van der Waals surface area contributed by atoms with Gasteiger partial charge in [-0.25, -0.2) is 4.79 Å². The number of carbonyl (C=O) groups is 4. The largest absolute Gasteiger partial charge is 0.444 e. The molecule has 3 unspecified atom stereocenters. The smallest absolute Gasteiger partial charge is 0.408 e. The zero-order valence-corrected chi connectivity index (χ0v) is 24.2. The Bertz CT molecular complexity index is 819. The van der Waals surface area contributed by atoms with E-state index in [0.29, 0.717) is 25.3 Å². The average molecular weight is 534 g/mol. The fraction of sp³-hybridized carbons (Fsp3) is 0.867. The highest BCUT2D eigenvalue weighted by molar-refractivity contribution is 5.94. The van der Waals surface area contributed by atoms with E-state index < -0.39 is 29.8 Å². The van der Waals surface area contributed by atoms with Crippen molar-refractivity contribution in [3.8, 4) is 0 Å². The normalized spacial score (nSPS) is 22.3. The SMILES string of the molecule is CCCCCC(C)(C)OC(=O)NC(C(=O)N1CCCC1C(=O)NC(CC1CCC1)C(C)=O)C1CCCCC1. The Hall–Kier alpha value is -2.12. The molecule has 38 heavy (non-hydrogen) atoms. The molecule has 0 radical (unpaired) electrons. The molecule has 0 aromatic rings. The van der Waals surface area contributed by atoms with E-state index in [1.807, 2.05) is 13.8 Å². The molecule has 2 aliphatic carbocycles. The number of nitrogens with one attached hydrogen (secondary N) is 2. The third-order valence-electron chi connectivity index (χ3n) is 8.85. The van der Waals surface area contributed by atoms with Crippen LogP contribution in [0.5, 0.6) is 0 Å². The topological polar surface area (TPSA) is 105 Å². The monoisotopic (exact) mass is 533 g/mol. The summed E-state index contributed by atoms with van der Waals surface area (Å²) in [6.07, 6.45) is 13.7. The van der Waals surface area contributed by atoms with E-state index in [-0.39, 0.29) is 23.5 Å². The standard InChI is InChI=1S/C30H51N3O5/c1-5-6-10-18-30(3,4)38-29(37)32-26(23-15-8-7-9-16-23)28(36)33-19-12-17-25(33)27(35)31-24(21(2)34)20-22-13-11-14-22/h22-26H,5-20H2,1-4H3,(H,31,35)(H,32,37). The Balaban J connectivity index is 1.67. The first-order chi connectivity index (χ1) is 18.1. The van der Waals surface area contributed by atoms with Crippen LogP contribution in [-0.2, 0) is 19.1 Å². The van der Waals surface area contributed by atoms with Crippen LogP contribution in [0.25, 0.3) is 0 Å². The molecule has 8 nitrogen and oxygen atoms in total. The van der Waals surface area contributed by atoms with Gasteiger partial charge in [-0.2, -0.15) is 0 Å². The van der Waals surface area contributed by atoms with Crippen LogP contribution in [0.1, 0.15) is 124 Å². The molecule has 3 rings (SSSR count). The van der Waals surface area contributed by atoms with Gasteiger partial charge >= 0.3 is 6.09 Å². The Morgan fingerprint density at radius 2 is 1.63 bits per heavy atom. The van der Waals surface area contributed by atoms with E-state index in [2.05, 4.69) is 17.6 Å². The van der Waals surface area contributed by atoms with Crippen LogP contribution >= 0.6 is 0 Å². The second kappa shape index (κ2) is 14.3. The predicted octanol–water partition coefficient (Wildman–Crippen LogP) is 5.28. The number of alkyl carbamates (subject to hydrolysis) is 1. The molecular formula is C30H51N3O5. The summed E-state index contributed by atoms with van der Waals surface area (Å²) in [5.41, 5.74) is -0.613. The molecule has 3 aliphatic rings. The summed E-state index contributed by atoms with van der Waals surface area (Å²) >= 11 is 0. The lowest BCUT2D eigenvalue weighted by Gasteiger charge is -2.35. The number of ether oxygens (including phenoxy) is 1. The predicted molar refractivity (Wildman–Crippen MR) is 148 cm³/mol. The number of carbonyl (C=O) groups excluding carboxylic acids is 4. The first-order valence-corrected chi connectivity index (χ1v) is 15.2. The van der Waals surface area contributed by atoms with Gasteiger partial charge in [0.05, 0.1) is 6.04 Å². The van der Waals surface area contributed by atoms with Crippen molar-refractivity contribution >= 4 is 23.7 Å². The van der Waals surface area contributed by atoms with Crippen LogP contribution in [0.4, 0.5) is 4.79 Å². The highest BCUT2D eigenvalue weighted by Gasteiger charge is 2.42. The highest BCUT2D eigenvalue weighted by atomic mass is 16.6. The molecule has 1 aliphatic heterocycles. The molecule has 3 fully saturated rings. The van der Waals surface area contributed by atoms with E-state index in [0.717, 1.165) is 77.0 Å². The van der Waals surface area contributed by atoms with E-state index in [4.69, 9.17) is 4.74 Å². The van der Waals surface area contributed by atoms with Gasteiger partial charge in [-0.1, -0.05) is 58.3 Å². The van der Waals surface area contributed by atoms with Crippen LogP contribution in [0.3, 0.4) is 0 Å². The fourth-order valence-electron chi connectivity index (χ4n) is 6.25. The van der Waals surface area contributed by atoms with Crippen molar-refractivity contribution in [2.24, 2.45) is 11.8 Å². The molecule has 2 saturated carbocycles. The van der Waals surface area contributed by atoms with Crippen LogP contribution in [-0.4, -0.2) is 58.9 Å². The summed E-state index contributed by atoms with van der Waals surface area (Å²) in [7, 11) is 0. The number of nitrogens with zero attached hydrogens (tertiary/aromatic N) is 1. The number of amides is 3. The molecule has 3 atom stereocenters. The van der Waals surface area contributed by atoms with Crippen molar-refractivity contribution in [1.29, 1.82) is 0 Å². The lowest BCUT2D eigenvalue weighted by Crippen LogP contribution is -2.57. The second-order valence-electron chi connectivity index (χ2n) is 12.5. The lowest BCUT2D eigenvalue weighted by atomic mass is 9.80. The molecular weight excluding hydrogens is 482 g/mol. The van der Waals surface area contributed by atoms with Crippen LogP contribution in [0.2, 0.25) is 0 Å². The summed E-state index contributed by atoms with van der Waals surface area (Å²) in [6.45, 7) is 7.97. The Labute approximate surface area is 229 Å². The molecule has 0 bridgehead atoms. The molecule has 0 aromatic heterocycles. The van der Waals surface area contributed by atoms with Gasteiger partial charge in [0, 0.05) is 6.54 Å². The Kier molecular flexibility index (Phi) is 11.5. The van der Waals surface area contributed by atoms with Crippen molar-refractivity contribution in [1.82, 2.24) is 15.5 Å². The Morgan fingerprint density at radius 1 is 0.921 bits per heavy atom. The van der Waals surface area contributed by atoms with Crippen molar-refractivity contribution in [3.05, 3.63) is 0 Å². The minimum absolute atomic E-state index is 0.0277. The number of Topliss-reactive ketones (excluding diaryl/α,β-unsaturated/α-hetero) is 1. The average Bonchev–Trinajstić information content (AvgIpc) is 3.34. The number of hydrogen-bond donors (Lipinski definition) is 2. The van der Waals surface area contributed by atoms with Gasteiger partial charge in [0.15, 0.2) is 5.78 Å². The van der Waals surface area contributed by atoms with Gasteiger partial charge in [0.1, 0.15) is 17.7 Å². The summed E-state index contributed by atoms with van der Waals surface area (Å²) in [5.74, 6) is 0.0285. The van der Waals surface area contributed by atoms with Gasteiger partial charge in [0.2, 0.25) is 11.8 Å². The van der Waals surface area contributed by atoms with Gasteiger partial charge in [-0.3, -0.25) is 14.4 Å². The number of unbranched alkanes of at least 4 members (excludes halogenated alkanes) is 2. The Morgan fingerprint density at radius 3 is 2.24 bits per heavy atom. The van der Waals surface area contributed by atoms with Gasteiger partial charge in [-0.05, 0) is 77.6 Å². The maximum absolute atomic E-state index is 13.9. The quantitative estimate of drug-likeness (QED) is 0.314. The maximum Gasteiger partial charge on any atom is 0.408 e. The highest BCUT2D eigenvalue weighted by Crippen LogP contribution is 2.32. The summed E-state index contributed by atoms with van der Waals surface area (Å²) < 4.78 is 5.79. The first kappa shape index (κ1) is 30.4. The minimum atomic E-state index is -0.707. The van der Waals surface area contributed by atoms with Crippen molar-refractivity contribution < 1.29 is 23.9 Å². The molecule has 8 heteroatoms. The van der Waals surface area contributed by atoms with Crippen molar-refractivity contribution in [3.63, 3.8) is 0 Å². The van der Waals surface area contributed by atoms with Crippen molar-refractivity contribution in [2.45, 2.75) is 148 Å². The van der Waals surface area contributed by atoms with Gasteiger partial charge in [0.25, 0.3) is 0 Å². The molecule has 216 valence electrons. The number of ketones is 1. The van der Waals surface area contributed by atoms with Gasteiger partial charge < -0.3 is 20.3 Å². The lowest BCUT2D eigenvalue weighted by molar-refractivity contribution is -0.142. The maximum atomic E-state index is 13.9. The zero-order valence-electron chi connectivity index (χ0n) is 24.2. The molecule has 3 amide bonds. The third kappa shape index (κ3) is 8.70. The molecule has 1 saturated heterocycles. The summed E-state index contributed by atoms with van der Waals surface area (Å²) in [4.78, 5) is 54.2. The molecule has 0 aromatic carbocycles. The summed E-state index contributed by atoms with van der Waals surface area (Å²) in [5, 5.41) is 5.89. The molecule has 2 N–H and O–H groups in total. The van der Waals surface area contributed by atoms with E-state index in [1.165, 1.54) is 13.3 Å². The third-order valence-corrected chi connectivity index (χ3v) is 8.85. The summed E-state index contributed by atoms with van der Waals surface area (Å²) in [6, 6.07) is -1.82. The van der Waals surface area contributed by atoms with Crippen LogP contribution in [0, 0.1) is 11.8 Å². The first-order valence-electron chi connectivity index (χ1n) is 15.2. The number of hydrogen-bond acceptors (Lipinski definition) is 5. The van der Waals surface area contributed by atoms with Crippen molar-refractivity contribution in [2.75, 3.05) is 6.54 Å². The van der Waals surface area contributed by atoms with Crippen LogP contribution < -0.4 is 10.6 Å². The van der Waals surface area contributed by atoms with E-state index >= 15 is 0 Å². The molecule has 0 spiro atoms. The second-order valence-corrected chi connectivity index (χ2v) is 12.5. The minimum Gasteiger partial charge on any atom is -0.444 e.